The van der Waals surface area contributed by atoms with Crippen LogP contribution in [0.15, 0.2) is 48.5 Å². The first-order valence-electron chi connectivity index (χ1n) is 11.6. The van der Waals surface area contributed by atoms with Gasteiger partial charge in [-0.1, -0.05) is 18.2 Å². The Labute approximate surface area is 193 Å². The van der Waals surface area contributed by atoms with Crippen LogP contribution in [0.1, 0.15) is 23.3 Å². The molecule has 2 saturated heterocycles. The summed E-state index contributed by atoms with van der Waals surface area (Å²) in [5.74, 6) is 0.822. The molecule has 0 saturated carbocycles. The van der Waals surface area contributed by atoms with Gasteiger partial charge in [0.25, 0.3) is 5.91 Å². The van der Waals surface area contributed by atoms with Crippen molar-refractivity contribution in [2.75, 3.05) is 51.3 Å². The van der Waals surface area contributed by atoms with Crippen molar-refractivity contribution < 1.29 is 14.3 Å². The number of para-hydroxylation sites is 1. The van der Waals surface area contributed by atoms with Gasteiger partial charge in [0.2, 0.25) is 5.91 Å². The maximum absolute atomic E-state index is 13.1. The van der Waals surface area contributed by atoms with E-state index in [9.17, 15) is 9.59 Å². The molecule has 3 heterocycles. The third-order valence-corrected chi connectivity index (χ3v) is 6.61. The van der Waals surface area contributed by atoms with Gasteiger partial charge in [-0.15, -0.1) is 0 Å². The Morgan fingerprint density at radius 3 is 2.27 bits per heavy atom. The second-order valence-electron chi connectivity index (χ2n) is 8.59. The van der Waals surface area contributed by atoms with Crippen LogP contribution in [0.5, 0.6) is 5.75 Å². The molecule has 2 aliphatic heterocycles. The summed E-state index contributed by atoms with van der Waals surface area (Å²) in [5, 5.41) is 5.41. The third kappa shape index (κ3) is 4.25. The van der Waals surface area contributed by atoms with E-state index in [1.165, 1.54) is 0 Å². The maximum Gasteiger partial charge on any atom is 0.275 e. The van der Waals surface area contributed by atoms with E-state index < -0.39 is 0 Å². The average Bonchev–Trinajstić information content (AvgIpc) is 3.53. The van der Waals surface area contributed by atoms with Crippen LogP contribution in [0.4, 0.5) is 5.69 Å². The fourth-order valence-corrected chi connectivity index (χ4v) is 4.71. The molecule has 5 rings (SSSR count). The predicted molar refractivity (Wildman–Crippen MR) is 127 cm³/mol. The third-order valence-electron chi connectivity index (χ3n) is 6.61. The summed E-state index contributed by atoms with van der Waals surface area (Å²) in [6.07, 6.45) is 2.07. The number of fused-ring (bicyclic) bond motifs is 1. The molecule has 3 aromatic rings. The van der Waals surface area contributed by atoms with Crippen molar-refractivity contribution in [3.63, 3.8) is 0 Å². The van der Waals surface area contributed by atoms with Gasteiger partial charge in [0.1, 0.15) is 12.3 Å². The van der Waals surface area contributed by atoms with Gasteiger partial charge in [-0.05, 0) is 43.2 Å². The highest BCUT2D eigenvalue weighted by Gasteiger charge is 2.27. The van der Waals surface area contributed by atoms with Crippen molar-refractivity contribution in [2.45, 2.75) is 19.4 Å². The number of amides is 2. The van der Waals surface area contributed by atoms with Crippen LogP contribution in [0.25, 0.3) is 10.9 Å². The lowest BCUT2D eigenvalue weighted by Crippen LogP contribution is -2.49. The molecule has 0 spiro atoms. The Hall–Kier alpha value is -3.55. The standard InChI is InChI=1S/C25H29N5O3/c1-33-20-10-8-19(9-11-20)27-14-16-28(17-15-27)23(31)18-30-22-7-3-2-6-21(22)24(26-30)25(32)29-12-4-5-13-29/h2-3,6-11H,4-5,12-18H2,1H3. The van der Waals surface area contributed by atoms with Crippen molar-refractivity contribution in [1.82, 2.24) is 19.6 Å². The van der Waals surface area contributed by atoms with Crippen LogP contribution >= 0.6 is 0 Å². The van der Waals surface area contributed by atoms with Crippen LogP contribution < -0.4 is 9.64 Å². The van der Waals surface area contributed by atoms with E-state index in [1.54, 1.807) is 11.8 Å². The van der Waals surface area contributed by atoms with Crippen molar-refractivity contribution in [2.24, 2.45) is 0 Å². The van der Waals surface area contributed by atoms with Crippen LogP contribution in [-0.4, -0.2) is 77.8 Å². The zero-order valence-corrected chi connectivity index (χ0v) is 18.9. The molecule has 2 aliphatic rings. The van der Waals surface area contributed by atoms with Crippen molar-refractivity contribution in [3.05, 3.63) is 54.2 Å². The topological polar surface area (TPSA) is 70.9 Å². The summed E-state index contributed by atoms with van der Waals surface area (Å²) in [6.45, 7) is 4.55. The first-order chi connectivity index (χ1) is 16.1. The zero-order chi connectivity index (χ0) is 22.8. The van der Waals surface area contributed by atoms with Gasteiger partial charge in [-0.2, -0.15) is 5.10 Å². The number of ether oxygens (including phenoxy) is 1. The van der Waals surface area contributed by atoms with Crippen molar-refractivity contribution in [1.29, 1.82) is 0 Å². The molecule has 0 N–H and O–H groups in total. The number of methoxy groups -OCH3 is 1. The summed E-state index contributed by atoms with van der Waals surface area (Å²) in [6, 6.07) is 15.7. The quantitative estimate of drug-likeness (QED) is 0.601. The minimum absolute atomic E-state index is 0.0257. The summed E-state index contributed by atoms with van der Waals surface area (Å²) in [5.41, 5.74) is 2.40. The van der Waals surface area contributed by atoms with E-state index in [1.807, 2.05) is 58.3 Å². The SMILES string of the molecule is COc1ccc(N2CCN(C(=O)Cn3nc(C(=O)N4CCCC4)c4ccccc43)CC2)cc1. The Bertz CT molecular complexity index is 1140. The van der Waals surface area contributed by atoms with Crippen molar-refractivity contribution in [3.8, 4) is 5.75 Å². The summed E-state index contributed by atoms with van der Waals surface area (Å²) < 4.78 is 6.93. The van der Waals surface area contributed by atoms with Crippen LogP contribution in [0.2, 0.25) is 0 Å². The molecule has 0 bridgehead atoms. The Balaban J connectivity index is 1.27. The van der Waals surface area contributed by atoms with Gasteiger partial charge in [0.15, 0.2) is 5.69 Å². The number of hydrogen-bond acceptors (Lipinski definition) is 5. The second-order valence-corrected chi connectivity index (χ2v) is 8.59. The predicted octanol–water partition coefficient (Wildman–Crippen LogP) is 2.63. The minimum atomic E-state index is -0.0389. The summed E-state index contributed by atoms with van der Waals surface area (Å²) >= 11 is 0. The molecule has 0 aliphatic carbocycles. The van der Waals surface area contributed by atoms with Crippen LogP contribution in [0.3, 0.4) is 0 Å². The molecule has 8 nitrogen and oxygen atoms in total. The molecule has 0 radical (unpaired) electrons. The van der Waals surface area contributed by atoms with E-state index >= 15 is 0 Å². The molecule has 0 unspecified atom stereocenters. The number of hydrogen-bond donors (Lipinski definition) is 0. The molecule has 172 valence electrons. The van der Waals surface area contributed by atoms with Gasteiger partial charge < -0.3 is 19.4 Å². The number of piperazine rings is 1. The molecule has 2 amide bonds. The van der Waals surface area contributed by atoms with E-state index in [2.05, 4.69) is 10.00 Å². The first kappa shape index (κ1) is 21.3. The fraction of sp³-hybridized carbons (Fsp3) is 0.400. The van der Waals surface area contributed by atoms with Gasteiger partial charge in [-0.3, -0.25) is 14.3 Å². The molecule has 2 aromatic carbocycles. The van der Waals surface area contributed by atoms with E-state index in [0.717, 1.165) is 61.4 Å². The number of aromatic nitrogens is 2. The highest BCUT2D eigenvalue weighted by molar-refractivity contribution is 6.05. The van der Waals surface area contributed by atoms with Crippen LogP contribution in [0, 0.1) is 0 Å². The lowest BCUT2D eigenvalue weighted by Gasteiger charge is -2.36. The summed E-state index contributed by atoms with van der Waals surface area (Å²) in [4.78, 5) is 32.1. The van der Waals surface area contributed by atoms with Gasteiger partial charge in [-0.25, -0.2) is 0 Å². The maximum atomic E-state index is 13.1. The van der Waals surface area contributed by atoms with E-state index in [4.69, 9.17) is 4.74 Å². The number of likely N-dealkylation sites (tertiary alicyclic amines) is 1. The second kappa shape index (κ2) is 9.13. The Morgan fingerprint density at radius 2 is 1.58 bits per heavy atom. The molecular formula is C25H29N5O3. The highest BCUT2D eigenvalue weighted by Crippen LogP contribution is 2.23. The number of carbonyl (C=O) groups is 2. The van der Waals surface area contributed by atoms with Crippen molar-refractivity contribution >= 4 is 28.4 Å². The minimum Gasteiger partial charge on any atom is -0.497 e. The number of rotatable bonds is 5. The van der Waals surface area contributed by atoms with Gasteiger partial charge >= 0.3 is 0 Å². The van der Waals surface area contributed by atoms with E-state index in [0.29, 0.717) is 18.8 Å². The number of anilines is 1. The largest absolute Gasteiger partial charge is 0.497 e. The molecule has 8 heteroatoms. The normalized spacial score (nSPS) is 16.5. The monoisotopic (exact) mass is 447 g/mol. The Morgan fingerprint density at radius 1 is 0.879 bits per heavy atom. The number of benzene rings is 2. The lowest BCUT2D eigenvalue weighted by molar-refractivity contribution is -0.132. The zero-order valence-electron chi connectivity index (χ0n) is 18.9. The fourth-order valence-electron chi connectivity index (χ4n) is 4.71. The van der Waals surface area contributed by atoms with Gasteiger partial charge in [0, 0.05) is 50.3 Å². The average molecular weight is 448 g/mol. The lowest BCUT2D eigenvalue weighted by atomic mass is 10.2. The molecular weight excluding hydrogens is 418 g/mol. The highest BCUT2D eigenvalue weighted by atomic mass is 16.5. The smallest absolute Gasteiger partial charge is 0.275 e. The first-order valence-corrected chi connectivity index (χ1v) is 11.6. The molecule has 1 aromatic heterocycles. The van der Waals surface area contributed by atoms with Crippen LogP contribution in [-0.2, 0) is 11.3 Å². The molecule has 0 atom stereocenters. The number of nitrogens with zero attached hydrogens (tertiary/aromatic N) is 5. The Kier molecular flexibility index (Phi) is 5.90. The van der Waals surface area contributed by atoms with E-state index in [-0.39, 0.29) is 18.4 Å². The summed E-state index contributed by atoms with van der Waals surface area (Å²) in [7, 11) is 1.66. The molecule has 33 heavy (non-hydrogen) atoms. The molecule has 2 fully saturated rings. The number of carbonyl (C=O) groups excluding carboxylic acids is 2. The van der Waals surface area contributed by atoms with Gasteiger partial charge in [0.05, 0.1) is 12.6 Å².